The van der Waals surface area contributed by atoms with Crippen LogP contribution in [0, 0.1) is 29.4 Å². The van der Waals surface area contributed by atoms with Crippen molar-refractivity contribution in [2.24, 2.45) is 17.8 Å². The van der Waals surface area contributed by atoms with Crippen LogP contribution in [0.25, 0.3) is 0 Å². The molecule has 1 fully saturated rings. The third kappa shape index (κ3) is 14.2. The quantitative estimate of drug-likeness (QED) is 0.108. The summed E-state index contributed by atoms with van der Waals surface area (Å²) in [6.45, 7) is 7.67. The highest BCUT2D eigenvalue weighted by Crippen LogP contribution is 2.28. The summed E-state index contributed by atoms with van der Waals surface area (Å²) in [4.78, 5) is 84.7. The van der Waals surface area contributed by atoms with Crippen LogP contribution in [0.2, 0.25) is 0 Å². The van der Waals surface area contributed by atoms with Crippen LogP contribution in [0.15, 0.2) is 84.6 Å². The number of aliphatic hydroxyl groups is 2. The number of hydrogen-bond donors (Lipinski definition) is 7. The standard InChI is InChI=1S/C45H56F2N6O10/c1-25(2)39-43(60)51-40(29-23-31(46)38(47)34(56)24-29)44(61)53-22-12-14-32(52-53)45(62)63-35(26(3)13-11-18-37(57)49-36-17-9-10-21-48-36)16-8-6-7-15-33(55)28(5)41(58)30(42(59)50-39)20-19-27(4)54/h6-11,13,15,17-18,21,23-25,28,30,32-33,35,39-41,52,55-56,58H,12,14,16,19-20,22H2,1-5H3,(H,50,59)(H,51,60)(H,48,49,57)/b8-6+,15-7+,18-11+,26-13+/t28-,30+,32?,33-,35-,39-,40?,41+/m0/s1. The summed E-state index contributed by atoms with van der Waals surface area (Å²) >= 11 is 0. The Balaban J connectivity index is 1.74. The van der Waals surface area contributed by atoms with E-state index in [-0.39, 0.29) is 50.0 Å². The fourth-order valence-corrected chi connectivity index (χ4v) is 6.91. The molecule has 2 aromatic rings. The monoisotopic (exact) mass is 878 g/mol. The van der Waals surface area contributed by atoms with E-state index in [4.69, 9.17) is 4.74 Å². The first-order chi connectivity index (χ1) is 29.9. The second kappa shape index (κ2) is 23.4. The number of nitrogens with zero attached hydrogens (tertiary/aromatic N) is 2. The lowest BCUT2D eigenvalue weighted by molar-refractivity contribution is -0.156. The molecular weight excluding hydrogens is 823 g/mol. The molecule has 2 unspecified atom stereocenters. The molecule has 18 heteroatoms. The molecule has 8 atom stereocenters. The van der Waals surface area contributed by atoms with Crippen molar-refractivity contribution in [1.29, 1.82) is 0 Å². The highest BCUT2D eigenvalue weighted by atomic mass is 19.2. The number of ketones is 1. The Morgan fingerprint density at radius 1 is 1.06 bits per heavy atom. The van der Waals surface area contributed by atoms with E-state index >= 15 is 0 Å². The van der Waals surface area contributed by atoms with Gasteiger partial charge in [0.05, 0.1) is 18.1 Å². The lowest BCUT2D eigenvalue weighted by Gasteiger charge is -2.36. The topological polar surface area (TPSA) is 237 Å². The van der Waals surface area contributed by atoms with Crippen molar-refractivity contribution in [3.05, 3.63) is 102 Å². The molecule has 4 rings (SSSR count). The second-order valence-corrected chi connectivity index (χ2v) is 16.0. The van der Waals surface area contributed by atoms with Gasteiger partial charge >= 0.3 is 5.97 Å². The van der Waals surface area contributed by atoms with Gasteiger partial charge in [-0.2, -0.15) is 4.39 Å². The number of anilines is 1. The van der Waals surface area contributed by atoms with Crippen molar-refractivity contribution >= 4 is 41.2 Å². The van der Waals surface area contributed by atoms with Crippen molar-refractivity contribution in [1.82, 2.24) is 26.1 Å². The van der Waals surface area contributed by atoms with Crippen molar-refractivity contribution in [3.8, 4) is 5.75 Å². The number of rotatable bonds is 9. The first-order valence-electron chi connectivity index (χ1n) is 20.7. The number of phenols is 1. The number of esters is 1. The first kappa shape index (κ1) is 49.5. The number of fused-ring (bicyclic) bond motifs is 2. The molecule has 16 nitrogen and oxygen atoms in total. The summed E-state index contributed by atoms with van der Waals surface area (Å²) in [5.74, 6) is -11.0. The minimum Gasteiger partial charge on any atom is -0.505 e. The van der Waals surface area contributed by atoms with Crippen molar-refractivity contribution in [2.75, 3.05) is 11.9 Å². The predicted octanol–water partition coefficient (Wildman–Crippen LogP) is 3.77. The van der Waals surface area contributed by atoms with Gasteiger partial charge in [0.1, 0.15) is 35.8 Å². The largest absolute Gasteiger partial charge is 0.505 e. The molecule has 1 aromatic carbocycles. The number of aromatic nitrogens is 1. The van der Waals surface area contributed by atoms with E-state index in [0.717, 1.165) is 11.1 Å². The summed E-state index contributed by atoms with van der Waals surface area (Å²) in [5, 5.41) is 41.5. The van der Waals surface area contributed by atoms with Crippen LogP contribution in [0.1, 0.15) is 78.3 Å². The number of Topliss-reactive ketones (excluding diaryl/α,β-unsaturated/α-hetero) is 1. The van der Waals surface area contributed by atoms with E-state index < -0.39 is 101 Å². The number of carbonyl (C=O) groups is 6. The van der Waals surface area contributed by atoms with Crippen LogP contribution in [0.5, 0.6) is 5.75 Å². The number of amides is 4. The van der Waals surface area contributed by atoms with Gasteiger partial charge in [-0.1, -0.05) is 63.3 Å². The van der Waals surface area contributed by atoms with E-state index in [9.17, 15) is 52.9 Å². The van der Waals surface area contributed by atoms with Gasteiger partial charge in [-0.05, 0) is 74.4 Å². The van der Waals surface area contributed by atoms with Gasteiger partial charge in [0.15, 0.2) is 17.4 Å². The zero-order valence-electron chi connectivity index (χ0n) is 35.8. The van der Waals surface area contributed by atoms with E-state index in [0.29, 0.717) is 17.5 Å². The molecule has 2 bridgehead atoms. The number of benzene rings is 1. The second-order valence-electron chi connectivity index (χ2n) is 16.0. The van der Waals surface area contributed by atoms with Crippen LogP contribution in [0.4, 0.5) is 14.6 Å². The maximum absolute atomic E-state index is 14.8. The number of allylic oxidation sites excluding steroid dienone is 4. The molecule has 2 aliphatic heterocycles. The maximum Gasteiger partial charge on any atom is 0.325 e. The molecule has 2 aliphatic rings. The highest BCUT2D eigenvalue weighted by molar-refractivity contribution is 5.98. The molecule has 1 aromatic heterocycles. The van der Waals surface area contributed by atoms with Crippen molar-refractivity contribution < 1.29 is 57.6 Å². The summed E-state index contributed by atoms with van der Waals surface area (Å²) in [5.41, 5.74) is 2.98. The van der Waals surface area contributed by atoms with Gasteiger partial charge in [-0.25, -0.2) is 14.8 Å². The number of nitrogens with one attached hydrogen (secondary N) is 4. The lowest BCUT2D eigenvalue weighted by atomic mass is 9.84. The minimum atomic E-state index is -1.80. The Hall–Kier alpha value is -6.11. The van der Waals surface area contributed by atoms with Gasteiger partial charge in [-0.3, -0.25) is 29.0 Å². The smallest absolute Gasteiger partial charge is 0.325 e. The fraction of sp³-hybridized carbons (Fsp3) is 0.444. The molecule has 63 heavy (non-hydrogen) atoms. The summed E-state index contributed by atoms with van der Waals surface area (Å²) in [6, 6.07) is 2.12. The fourth-order valence-electron chi connectivity index (χ4n) is 6.91. The number of aliphatic hydroxyl groups excluding tert-OH is 2. The Morgan fingerprint density at radius 3 is 2.48 bits per heavy atom. The molecule has 3 heterocycles. The van der Waals surface area contributed by atoms with Gasteiger partial charge in [-0.15, -0.1) is 0 Å². The zero-order valence-corrected chi connectivity index (χ0v) is 35.8. The molecule has 0 aliphatic carbocycles. The Kier molecular flexibility index (Phi) is 18.4. The number of pyridine rings is 1. The SMILES string of the molecule is CC(=O)CC[C@H]1C(=O)N[C@@H](C(C)C)C(=O)NC(c2cc(O)c(F)c(F)c2)C(=O)N2CCCC(N2)C(=O)O[C@H](/C(C)=C/C=C/C(=O)Nc2ccccn2)C/C=C/C=C/[C@H](O)[C@H](C)[C@H]1O. The third-order valence-corrected chi connectivity index (χ3v) is 10.7. The van der Waals surface area contributed by atoms with E-state index in [2.05, 4.69) is 26.4 Å². The molecule has 0 saturated carbocycles. The summed E-state index contributed by atoms with van der Waals surface area (Å²) in [7, 11) is 0. The van der Waals surface area contributed by atoms with E-state index in [1.165, 1.54) is 44.3 Å². The molecule has 340 valence electrons. The van der Waals surface area contributed by atoms with Crippen LogP contribution in [-0.4, -0.2) is 97.6 Å². The predicted molar refractivity (Wildman–Crippen MR) is 227 cm³/mol. The summed E-state index contributed by atoms with van der Waals surface area (Å²) in [6.07, 6.45) is 8.58. The van der Waals surface area contributed by atoms with Crippen LogP contribution in [-0.2, 0) is 33.5 Å². The molecule has 1 saturated heterocycles. The molecular formula is C45H56F2N6O10. The Bertz CT molecular complexity index is 2070. The number of halogens is 2. The molecule has 0 radical (unpaired) electrons. The minimum absolute atomic E-state index is 0.00245. The molecule has 4 amide bonds. The molecule has 0 spiro atoms. The van der Waals surface area contributed by atoms with E-state index in [1.807, 2.05) is 0 Å². The van der Waals surface area contributed by atoms with Crippen molar-refractivity contribution in [2.45, 2.75) is 103 Å². The van der Waals surface area contributed by atoms with Crippen molar-refractivity contribution in [3.63, 3.8) is 0 Å². The number of aromatic hydroxyl groups is 1. The first-order valence-corrected chi connectivity index (χ1v) is 20.7. The van der Waals surface area contributed by atoms with Crippen LogP contribution >= 0.6 is 0 Å². The number of hydrogen-bond acceptors (Lipinski definition) is 12. The van der Waals surface area contributed by atoms with E-state index in [1.54, 1.807) is 57.2 Å². The molecule has 7 N–H and O–H groups in total. The van der Waals surface area contributed by atoms with Crippen LogP contribution in [0.3, 0.4) is 0 Å². The number of hydrazine groups is 1. The number of ether oxygens (including phenoxy) is 1. The third-order valence-electron chi connectivity index (χ3n) is 10.7. The lowest BCUT2D eigenvalue weighted by Crippen LogP contribution is -2.59. The van der Waals surface area contributed by atoms with Gasteiger partial charge in [0, 0.05) is 37.6 Å². The number of cyclic esters (lactones) is 1. The zero-order chi connectivity index (χ0) is 46.4. The van der Waals surface area contributed by atoms with Crippen LogP contribution < -0.4 is 21.4 Å². The Labute approximate surface area is 364 Å². The average molecular weight is 879 g/mol. The normalized spacial score (nSPS) is 27.1. The van der Waals surface area contributed by atoms with Gasteiger partial charge < -0.3 is 40.8 Å². The Morgan fingerprint density at radius 2 is 1.81 bits per heavy atom. The highest BCUT2D eigenvalue weighted by Gasteiger charge is 2.39. The number of phenolic OH excluding ortho intramolecular Hbond substituents is 1. The number of carbonyl (C=O) groups excluding carboxylic acids is 6. The van der Waals surface area contributed by atoms with Gasteiger partial charge in [0.2, 0.25) is 17.7 Å². The maximum atomic E-state index is 14.8. The summed E-state index contributed by atoms with van der Waals surface area (Å²) < 4.78 is 35.0. The average Bonchev–Trinajstić information content (AvgIpc) is 3.24. The van der Waals surface area contributed by atoms with Gasteiger partial charge in [0.25, 0.3) is 5.91 Å².